The maximum atomic E-state index is 10.2. The molecule has 5 nitrogen and oxygen atoms in total. The number of ether oxygens (including phenoxy) is 1. The van der Waals surface area contributed by atoms with E-state index in [4.69, 9.17) is 9.84 Å². The number of anilines is 1. The van der Waals surface area contributed by atoms with E-state index in [1.54, 1.807) is 17.5 Å². The van der Waals surface area contributed by atoms with E-state index < -0.39 is 5.97 Å². The number of hydrogen-bond acceptors (Lipinski definition) is 5. The lowest BCUT2D eigenvalue weighted by atomic mass is 10.3. The number of carbonyl (C=O) groups is 1. The first-order valence-corrected chi connectivity index (χ1v) is 6.01. The molecule has 0 aliphatic carbocycles. The Kier molecular flexibility index (Phi) is 3.89. The lowest BCUT2D eigenvalue weighted by molar-refractivity contribution is -0.142. The molecule has 0 spiro atoms. The first-order chi connectivity index (χ1) is 8.27. The Bertz CT molecular complexity index is 512. The van der Waals surface area contributed by atoms with Gasteiger partial charge in [0, 0.05) is 22.8 Å². The fourth-order valence-corrected chi connectivity index (χ4v) is 2.22. The van der Waals surface area contributed by atoms with Crippen LogP contribution in [0.2, 0.25) is 0 Å². The van der Waals surface area contributed by atoms with Gasteiger partial charge in [-0.15, -0.1) is 11.3 Å². The number of nitrogens with zero attached hydrogens (tertiary/aromatic N) is 1. The topological polar surface area (TPSA) is 71.5 Å². The highest BCUT2D eigenvalue weighted by Crippen LogP contribution is 2.25. The Hall–Kier alpha value is -1.66. The van der Waals surface area contributed by atoms with E-state index in [0.717, 1.165) is 11.2 Å². The minimum absolute atomic E-state index is 0.266. The molecule has 6 heteroatoms. The van der Waals surface area contributed by atoms with E-state index >= 15 is 0 Å². The van der Waals surface area contributed by atoms with Crippen LogP contribution in [0.15, 0.2) is 23.7 Å². The number of carboxylic acids is 1. The minimum Gasteiger partial charge on any atom is -0.480 e. The van der Waals surface area contributed by atoms with Crippen molar-refractivity contribution in [2.45, 2.75) is 0 Å². The number of nitrogens with one attached hydrogen (secondary N) is 1. The van der Waals surface area contributed by atoms with Crippen LogP contribution in [-0.2, 0) is 9.53 Å². The van der Waals surface area contributed by atoms with Gasteiger partial charge < -0.3 is 15.2 Å². The summed E-state index contributed by atoms with van der Waals surface area (Å²) in [6.07, 6.45) is 1.75. The third-order valence-corrected chi connectivity index (χ3v) is 3.03. The SMILES string of the molecule is O=C(O)COCCNc1nccc2sccc12. The second kappa shape index (κ2) is 5.60. The average molecular weight is 252 g/mol. The average Bonchev–Trinajstić information content (AvgIpc) is 2.77. The molecule has 2 heterocycles. The van der Waals surface area contributed by atoms with Gasteiger partial charge in [0.15, 0.2) is 0 Å². The van der Waals surface area contributed by atoms with Gasteiger partial charge in [-0.2, -0.15) is 0 Å². The van der Waals surface area contributed by atoms with Gasteiger partial charge in [0.05, 0.1) is 6.61 Å². The summed E-state index contributed by atoms with van der Waals surface area (Å²) in [5, 5.41) is 14.6. The molecule has 0 atom stereocenters. The van der Waals surface area contributed by atoms with Crippen LogP contribution in [0.25, 0.3) is 10.1 Å². The van der Waals surface area contributed by atoms with E-state index in [1.165, 1.54) is 4.70 Å². The number of aliphatic carboxylic acids is 1. The van der Waals surface area contributed by atoms with Crippen molar-refractivity contribution in [3.8, 4) is 0 Å². The summed E-state index contributed by atoms with van der Waals surface area (Å²) >= 11 is 1.66. The molecular formula is C11H12N2O3S. The molecule has 0 saturated carbocycles. The molecule has 2 aromatic rings. The highest BCUT2D eigenvalue weighted by molar-refractivity contribution is 7.17. The second-order valence-electron chi connectivity index (χ2n) is 3.37. The molecule has 0 unspecified atom stereocenters. The van der Waals surface area contributed by atoms with Crippen molar-refractivity contribution in [2.75, 3.05) is 25.1 Å². The zero-order valence-corrected chi connectivity index (χ0v) is 9.87. The van der Waals surface area contributed by atoms with Crippen LogP contribution < -0.4 is 5.32 Å². The van der Waals surface area contributed by atoms with Crippen LogP contribution in [-0.4, -0.2) is 35.8 Å². The molecule has 0 saturated heterocycles. The number of thiophene rings is 1. The van der Waals surface area contributed by atoms with Crippen molar-refractivity contribution in [2.24, 2.45) is 0 Å². The summed E-state index contributed by atoms with van der Waals surface area (Å²) < 4.78 is 6.10. The lowest BCUT2D eigenvalue weighted by Crippen LogP contribution is -2.14. The van der Waals surface area contributed by atoms with Crippen LogP contribution in [0.4, 0.5) is 5.82 Å². The maximum absolute atomic E-state index is 10.2. The fourth-order valence-electron chi connectivity index (χ4n) is 1.44. The van der Waals surface area contributed by atoms with Crippen molar-refractivity contribution in [3.63, 3.8) is 0 Å². The molecule has 0 radical (unpaired) electrons. The molecule has 17 heavy (non-hydrogen) atoms. The van der Waals surface area contributed by atoms with Crippen LogP contribution in [0, 0.1) is 0 Å². The van der Waals surface area contributed by atoms with Crippen LogP contribution >= 0.6 is 11.3 Å². The third kappa shape index (κ3) is 3.15. The van der Waals surface area contributed by atoms with E-state index in [9.17, 15) is 4.79 Å². The zero-order chi connectivity index (χ0) is 12.1. The molecule has 2 N–H and O–H groups in total. The van der Waals surface area contributed by atoms with Gasteiger partial charge in [-0.05, 0) is 17.5 Å². The van der Waals surface area contributed by atoms with Gasteiger partial charge in [0.25, 0.3) is 0 Å². The lowest BCUT2D eigenvalue weighted by Gasteiger charge is -2.06. The smallest absolute Gasteiger partial charge is 0.329 e. The number of pyridine rings is 1. The Morgan fingerprint density at radius 2 is 2.41 bits per heavy atom. The van der Waals surface area contributed by atoms with Gasteiger partial charge in [-0.25, -0.2) is 9.78 Å². The highest BCUT2D eigenvalue weighted by Gasteiger charge is 2.02. The molecule has 2 rings (SSSR count). The Balaban J connectivity index is 1.86. The fraction of sp³-hybridized carbons (Fsp3) is 0.273. The van der Waals surface area contributed by atoms with Crippen molar-refractivity contribution in [1.82, 2.24) is 4.98 Å². The first-order valence-electron chi connectivity index (χ1n) is 5.13. The number of rotatable bonds is 6. The van der Waals surface area contributed by atoms with Gasteiger partial charge in [0.2, 0.25) is 0 Å². The summed E-state index contributed by atoms with van der Waals surface area (Å²) in [5.74, 6) is -0.147. The van der Waals surface area contributed by atoms with Crippen molar-refractivity contribution < 1.29 is 14.6 Å². The van der Waals surface area contributed by atoms with Crippen LogP contribution in [0.3, 0.4) is 0 Å². The van der Waals surface area contributed by atoms with E-state index in [0.29, 0.717) is 13.2 Å². The summed E-state index contributed by atoms with van der Waals surface area (Å²) in [6.45, 7) is 0.613. The first kappa shape index (κ1) is 11.8. The van der Waals surface area contributed by atoms with Gasteiger partial charge >= 0.3 is 5.97 Å². The van der Waals surface area contributed by atoms with Gasteiger partial charge in [-0.3, -0.25) is 0 Å². The second-order valence-corrected chi connectivity index (χ2v) is 4.31. The molecule has 0 fully saturated rings. The molecule has 0 amide bonds. The van der Waals surface area contributed by atoms with Crippen LogP contribution in [0.5, 0.6) is 0 Å². The van der Waals surface area contributed by atoms with Crippen molar-refractivity contribution in [1.29, 1.82) is 0 Å². The predicted octanol–water partition coefficient (Wildman–Crippen LogP) is 1.81. The highest BCUT2D eigenvalue weighted by atomic mass is 32.1. The third-order valence-electron chi connectivity index (χ3n) is 2.14. The molecule has 0 aliphatic heterocycles. The summed E-state index contributed by atoms with van der Waals surface area (Å²) in [5.41, 5.74) is 0. The summed E-state index contributed by atoms with van der Waals surface area (Å²) in [6, 6.07) is 3.97. The van der Waals surface area contributed by atoms with E-state index in [1.807, 2.05) is 17.5 Å². The van der Waals surface area contributed by atoms with Gasteiger partial charge in [0.1, 0.15) is 12.4 Å². The van der Waals surface area contributed by atoms with Crippen molar-refractivity contribution >= 4 is 33.2 Å². The van der Waals surface area contributed by atoms with Crippen LogP contribution in [0.1, 0.15) is 0 Å². The molecule has 2 aromatic heterocycles. The Morgan fingerprint density at radius 1 is 1.53 bits per heavy atom. The van der Waals surface area contributed by atoms with E-state index in [-0.39, 0.29) is 6.61 Å². The maximum Gasteiger partial charge on any atom is 0.329 e. The number of carboxylic acid groups (broad SMARTS) is 1. The molecule has 0 bridgehead atoms. The monoisotopic (exact) mass is 252 g/mol. The molecule has 0 aromatic carbocycles. The quantitative estimate of drug-likeness (QED) is 0.767. The molecule has 90 valence electrons. The predicted molar refractivity (Wildman–Crippen MR) is 66.6 cm³/mol. The zero-order valence-electron chi connectivity index (χ0n) is 9.05. The van der Waals surface area contributed by atoms with Gasteiger partial charge in [-0.1, -0.05) is 0 Å². The largest absolute Gasteiger partial charge is 0.480 e. The minimum atomic E-state index is -0.955. The summed E-state index contributed by atoms with van der Waals surface area (Å²) in [4.78, 5) is 14.5. The molecular weight excluding hydrogens is 240 g/mol. The standard InChI is InChI=1S/C11H12N2O3S/c14-10(15)7-16-5-4-13-11-8-2-6-17-9(8)1-3-12-11/h1-3,6H,4-5,7H2,(H,12,13)(H,14,15). The number of hydrogen-bond donors (Lipinski definition) is 2. The summed E-state index contributed by atoms with van der Waals surface area (Å²) in [7, 11) is 0. The Morgan fingerprint density at radius 3 is 3.24 bits per heavy atom. The normalized spacial score (nSPS) is 10.6. The number of aromatic nitrogens is 1. The van der Waals surface area contributed by atoms with Crippen molar-refractivity contribution in [3.05, 3.63) is 23.7 Å². The Labute approximate surface area is 102 Å². The molecule has 0 aliphatic rings. The number of fused-ring (bicyclic) bond motifs is 1. The van der Waals surface area contributed by atoms with E-state index in [2.05, 4.69) is 10.3 Å².